The summed E-state index contributed by atoms with van der Waals surface area (Å²) in [5.41, 5.74) is 5.54. The number of nitrogens with two attached hydrogens (primary N) is 1. The second-order valence-electron chi connectivity index (χ2n) is 2.97. The van der Waals surface area contributed by atoms with Crippen LogP contribution in [0, 0.1) is 0 Å². The first-order valence-corrected chi connectivity index (χ1v) is 5.27. The molecule has 4 heteroatoms. The molecule has 2 rings (SSSR count). The van der Waals surface area contributed by atoms with Crippen LogP contribution in [0.1, 0.15) is 11.3 Å². The largest absolute Gasteiger partial charge is 0.343 e. The Morgan fingerprint density at radius 3 is 2.77 bits per heavy atom. The summed E-state index contributed by atoms with van der Waals surface area (Å²) in [5, 5.41) is 2.03. The SMILES string of the molecule is NCCC1(c2cccs2)OCCO1. The van der Waals surface area contributed by atoms with E-state index in [1.165, 1.54) is 0 Å². The summed E-state index contributed by atoms with van der Waals surface area (Å²) >= 11 is 1.65. The van der Waals surface area contributed by atoms with Gasteiger partial charge in [-0.05, 0) is 18.0 Å². The van der Waals surface area contributed by atoms with Gasteiger partial charge in [0.2, 0.25) is 5.79 Å². The van der Waals surface area contributed by atoms with Gasteiger partial charge in [0.15, 0.2) is 0 Å². The molecule has 1 aliphatic rings. The molecular weight excluding hydrogens is 186 g/mol. The van der Waals surface area contributed by atoms with Crippen LogP contribution in [0.3, 0.4) is 0 Å². The standard InChI is InChI=1S/C9H13NO2S/c10-4-3-9(11-5-6-12-9)8-2-1-7-13-8/h1-2,7H,3-6,10H2. The maximum absolute atomic E-state index is 5.63. The number of hydrogen-bond donors (Lipinski definition) is 1. The van der Waals surface area contributed by atoms with E-state index in [9.17, 15) is 0 Å². The lowest BCUT2D eigenvalue weighted by atomic mass is 10.1. The second kappa shape index (κ2) is 3.75. The van der Waals surface area contributed by atoms with Crippen LogP contribution in [0.4, 0.5) is 0 Å². The highest BCUT2D eigenvalue weighted by Gasteiger charge is 2.38. The minimum atomic E-state index is -0.539. The highest BCUT2D eigenvalue weighted by Crippen LogP contribution is 2.36. The minimum absolute atomic E-state index is 0.539. The van der Waals surface area contributed by atoms with Crippen molar-refractivity contribution in [3.8, 4) is 0 Å². The lowest BCUT2D eigenvalue weighted by Crippen LogP contribution is -2.29. The Morgan fingerprint density at radius 1 is 1.46 bits per heavy atom. The van der Waals surface area contributed by atoms with Gasteiger partial charge in [-0.15, -0.1) is 11.3 Å². The van der Waals surface area contributed by atoms with Crippen LogP contribution in [0.2, 0.25) is 0 Å². The first kappa shape index (κ1) is 9.15. The van der Waals surface area contributed by atoms with Gasteiger partial charge in [-0.1, -0.05) is 6.07 Å². The molecule has 1 fully saturated rings. The molecule has 13 heavy (non-hydrogen) atoms. The van der Waals surface area contributed by atoms with E-state index in [0.717, 1.165) is 11.3 Å². The van der Waals surface area contributed by atoms with Crippen molar-refractivity contribution in [3.63, 3.8) is 0 Å². The van der Waals surface area contributed by atoms with Gasteiger partial charge in [-0.25, -0.2) is 0 Å². The van der Waals surface area contributed by atoms with Gasteiger partial charge in [0.05, 0.1) is 18.1 Å². The Kier molecular flexibility index (Phi) is 2.64. The van der Waals surface area contributed by atoms with E-state index in [1.807, 2.05) is 17.5 Å². The monoisotopic (exact) mass is 199 g/mol. The summed E-state index contributed by atoms with van der Waals surface area (Å²) in [5.74, 6) is -0.539. The number of thiophene rings is 1. The van der Waals surface area contributed by atoms with E-state index in [-0.39, 0.29) is 0 Å². The normalized spacial score (nSPS) is 20.7. The average Bonchev–Trinajstić information content (AvgIpc) is 2.73. The highest BCUT2D eigenvalue weighted by atomic mass is 32.1. The fraction of sp³-hybridized carbons (Fsp3) is 0.556. The summed E-state index contributed by atoms with van der Waals surface area (Å²) in [7, 11) is 0. The third-order valence-electron chi connectivity index (χ3n) is 2.12. The zero-order chi connectivity index (χ0) is 9.15. The van der Waals surface area contributed by atoms with E-state index < -0.39 is 5.79 Å². The molecule has 1 aromatic heterocycles. The van der Waals surface area contributed by atoms with Crippen molar-refractivity contribution in [2.75, 3.05) is 19.8 Å². The van der Waals surface area contributed by atoms with Crippen molar-refractivity contribution in [1.29, 1.82) is 0 Å². The van der Waals surface area contributed by atoms with Crippen molar-refractivity contribution in [2.45, 2.75) is 12.2 Å². The lowest BCUT2D eigenvalue weighted by molar-refractivity contribution is -0.166. The van der Waals surface area contributed by atoms with Gasteiger partial charge in [0.25, 0.3) is 0 Å². The second-order valence-corrected chi connectivity index (χ2v) is 3.91. The molecule has 0 spiro atoms. The average molecular weight is 199 g/mol. The van der Waals surface area contributed by atoms with Gasteiger partial charge in [0.1, 0.15) is 0 Å². The van der Waals surface area contributed by atoms with Crippen molar-refractivity contribution >= 4 is 11.3 Å². The van der Waals surface area contributed by atoms with E-state index >= 15 is 0 Å². The molecule has 0 saturated carbocycles. The molecular formula is C9H13NO2S. The Labute approximate surface area is 81.5 Å². The van der Waals surface area contributed by atoms with Crippen molar-refractivity contribution < 1.29 is 9.47 Å². The van der Waals surface area contributed by atoms with Gasteiger partial charge >= 0.3 is 0 Å². The molecule has 0 atom stereocenters. The summed E-state index contributed by atoms with van der Waals surface area (Å²) in [6.45, 7) is 1.91. The van der Waals surface area contributed by atoms with Gasteiger partial charge in [-0.2, -0.15) is 0 Å². The molecule has 0 radical (unpaired) electrons. The molecule has 2 N–H and O–H groups in total. The first-order chi connectivity index (χ1) is 6.37. The van der Waals surface area contributed by atoms with Crippen LogP contribution in [-0.2, 0) is 15.3 Å². The maximum atomic E-state index is 5.63. The number of hydrogen-bond acceptors (Lipinski definition) is 4. The molecule has 1 aromatic rings. The Hall–Kier alpha value is -0.420. The van der Waals surface area contributed by atoms with Crippen molar-refractivity contribution in [3.05, 3.63) is 22.4 Å². The van der Waals surface area contributed by atoms with Gasteiger partial charge in [-0.3, -0.25) is 0 Å². The molecule has 1 saturated heterocycles. The van der Waals surface area contributed by atoms with Crippen LogP contribution in [0.5, 0.6) is 0 Å². The van der Waals surface area contributed by atoms with Crippen LogP contribution in [0.15, 0.2) is 17.5 Å². The van der Waals surface area contributed by atoms with Crippen LogP contribution >= 0.6 is 11.3 Å². The first-order valence-electron chi connectivity index (χ1n) is 4.39. The van der Waals surface area contributed by atoms with Gasteiger partial charge in [0, 0.05) is 6.42 Å². The van der Waals surface area contributed by atoms with E-state index in [1.54, 1.807) is 11.3 Å². The fourth-order valence-electron chi connectivity index (χ4n) is 1.55. The Balaban J connectivity index is 2.22. The Morgan fingerprint density at radius 2 is 2.23 bits per heavy atom. The quantitative estimate of drug-likeness (QED) is 0.798. The van der Waals surface area contributed by atoms with E-state index in [0.29, 0.717) is 19.8 Å². The Bertz CT molecular complexity index is 255. The van der Waals surface area contributed by atoms with Crippen LogP contribution in [0.25, 0.3) is 0 Å². The number of rotatable bonds is 3. The van der Waals surface area contributed by atoms with Gasteiger partial charge < -0.3 is 15.2 Å². The van der Waals surface area contributed by atoms with Crippen molar-refractivity contribution in [2.24, 2.45) is 5.73 Å². The fourth-order valence-corrected chi connectivity index (χ4v) is 2.41. The molecule has 3 nitrogen and oxygen atoms in total. The lowest BCUT2D eigenvalue weighted by Gasteiger charge is -2.25. The summed E-state index contributed by atoms with van der Waals surface area (Å²) in [4.78, 5) is 1.12. The maximum Gasteiger partial charge on any atom is 0.205 e. The molecule has 72 valence electrons. The van der Waals surface area contributed by atoms with Crippen LogP contribution in [-0.4, -0.2) is 19.8 Å². The third-order valence-corrected chi connectivity index (χ3v) is 3.12. The molecule has 0 unspecified atom stereocenters. The zero-order valence-corrected chi connectivity index (χ0v) is 8.18. The predicted octanol–water partition coefficient (Wildman–Crippen LogP) is 1.30. The van der Waals surface area contributed by atoms with E-state index in [2.05, 4.69) is 0 Å². The minimum Gasteiger partial charge on any atom is -0.343 e. The highest BCUT2D eigenvalue weighted by molar-refractivity contribution is 7.10. The predicted molar refractivity (Wildman–Crippen MR) is 51.6 cm³/mol. The topological polar surface area (TPSA) is 44.5 Å². The molecule has 0 aliphatic carbocycles. The molecule has 2 heterocycles. The molecule has 0 amide bonds. The third kappa shape index (κ3) is 1.62. The van der Waals surface area contributed by atoms with E-state index in [4.69, 9.17) is 15.2 Å². The summed E-state index contributed by atoms with van der Waals surface area (Å²) in [6, 6.07) is 4.04. The van der Waals surface area contributed by atoms with Crippen LogP contribution < -0.4 is 5.73 Å². The summed E-state index contributed by atoms with van der Waals surface area (Å²) < 4.78 is 11.3. The smallest absolute Gasteiger partial charge is 0.205 e. The zero-order valence-electron chi connectivity index (χ0n) is 7.36. The summed E-state index contributed by atoms with van der Waals surface area (Å²) in [6.07, 6.45) is 0.730. The molecule has 0 bridgehead atoms. The molecule has 0 aromatic carbocycles. The number of ether oxygens (including phenoxy) is 2. The van der Waals surface area contributed by atoms with Crippen molar-refractivity contribution in [1.82, 2.24) is 0 Å². The molecule has 1 aliphatic heterocycles.